The Morgan fingerprint density at radius 3 is 2.71 bits per heavy atom. The number of aliphatic hydroxyl groups is 1. The molecule has 0 atom stereocenters. The van der Waals surface area contributed by atoms with Crippen LogP contribution in [-0.2, 0) is 11.3 Å². The Labute approximate surface area is 102 Å². The normalized spacial score (nSPS) is 10.6. The summed E-state index contributed by atoms with van der Waals surface area (Å²) in [6.07, 6.45) is 0.856. The number of hydrogen-bond donors (Lipinski definition) is 2. The summed E-state index contributed by atoms with van der Waals surface area (Å²) in [5, 5.41) is 11.5. The van der Waals surface area contributed by atoms with Crippen LogP contribution in [0.4, 0.5) is 5.69 Å². The highest BCUT2D eigenvalue weighted by atomic mass is 16.3. The van der Waals surface area contributed by atoms with Crippen molar-refractivity contribution in [1.29, 1.82) is 0 Å². The summed E-state index contributed by atoms with van der Waals surface area (Å²) in [5.41, 5.74) is 1.94. The van der Waals surface area contributed by atoms with Crippen LogP contribution in [0, 0.1) is 0 Å². The van der Waals surface area contributed by atoms with Crippen LogP contribution in [0.2, 0.25) is 0 Å². The molecule has 0 aliphatic heterocycles. The third-order valence-electron chi connectivity index (χ3n) is 2.34. The Bertz CT molecular complexity index is 364. The molecule has 4 heteroatoms. The number of para-hydroxylation sites is 1. The van der Waals surface area contributed by atoms with Crippen molar-refractivity contribution in [1.82, 2.24) is 4.90 Å². The van der Waals surface area contributed by atoms with Crippen molar-refractivity contribution < 1.29 is 9.90 Å². The van der Waals surface area contributed by atoms with E-state index in [-0.39, 0.29) is 12.5 Å². The Hall–Kier alpha value is -1.39. The van der Waals surface area contributed by atoms with Crippen LogP contribution in [0.25, 0.3) is 0 Å². The van der Waals surface area contributed by atoms with E-state index in [1.54, 1.807) is 0 Å². The fourth-order valence-corrected chi connectivity index (χ4v) is 1.57. The summed E-state index contributed by atoms with van der Waals surface area (Å²) in [7, 11) is 3.98. The molecule has 0 unspecified atom stereocenters. The van der Waals surface area contributed by atoms with Crippen molar-refractivity contribution in [2.75, 3.05) is 26.0 Å². The van der Waals surface area contributed by atoms with Gasteiger partial charge in [0, 0.05) is 25.3 Å². The molecule has 0 saturated heterocycles. The van der Waals surface area contributed by atoms with Gasteiger partial charge >= 0.3 is 0 Å². The van der Waals surface area contributed by atoms with E-state index in [0.29, 0.717) is 12.8 Å². The molecule has 1 rings (SSSR count). The second-order valence-electron chi connectivity index (χ2n) is 4.27. The van der Waals surface area contributed by atoms with Gasteiger partial charge in [-0.2, -0.15) is 0 Å². The molecule has 94 valence electrons. The average Bonchev–Trinajstić information content (AvgIpc) is 2.28. The fourth-order valence-electron chi connectivity index (χ4n) is 1.57. The van der Waals surface area contributed by atoms with Gasteiger partial charge in [-0.05, 0) is 32.1 Å². The van der Waals surface area contributed by atoms with Crippen LogP contribution in [0.15, 0.2) is 24.3 Å². The van der Waals surface area contributed by atoms with Gasteiger partial charge in [-0.1, -0.05) is 18.2 Å². The molecular weight excluding hydrogens is 216 g/mol. The number of nitrogens with zero attached hydrogens (tertiary/aromatic N) is 1. The maximum absolute atomic E-state index is 11.6. The smallest absolute Gasteiger partial charge is 0.224 e. The lowest BCUT2D eigenvalue weighted by Crippen LogP contribution is -2.16. The second kappa shape index (κ2) is 7.04. The fraction of sp³-hybridized carbons (Fsp3) is 0.462. The summed E-state index contributed by atoms with van der Waals surface area (Å²) in [5.74, 6) is -0.0507. The third-order valence-corrected chi connectivity index (χ3v) is 2.34. The molecule has 1 amide bonds. The van der Waals surface area contributed by atoms with E-state index < -0.39 is 0 Å². The highest BCUT2D eigenvalue weighted by molar-refractivity contribution is 5.91. The van der Waals surface area contributed by atoms with Gasteiger partial charge in [0.05, 0.1) is 0 Å². The summed E-state index contributed by atoms with van der Waals surface area (Å²) >= 11 is 0. The van der Waals surface area contributed by atoms with E-state index in [4.69, 9.17) is 5.11 Å². The lowest BCUT2D eigenvalue weighted by Gasteiger charge is -2.14. The zero-order valence-electron chi connectivity index (χ0n) is 10.4. The highest BCUT2D eigenvalue weighted by Crippen LogP contribution is 2.16. The first kappa shape index (κ1) is 13.7. The molecule has 1 aromatic rings. The van der Waals surface area contributed by atoms with Gasteiger partial charge in [0.1, 0.15) is 0 Å². The van der Waals surface area contributed by atoms with Crippen molar-refractivity contribution in [3.05, 3.63) is 29.8 Å². The number of anilines is 1. The zero-order chi connectivity index (χ0) is 12.7. The van der Waals surface area contributed by atoms with Crippen LogP contribution in [0.3, 0.4) is 0 Å². The summed E-state index contributed by atoms with van der Waals surface area (Å²) in [6, 6.07) is 7.76. The van der Waals surface area contributed by atoms with Crippen LogP contribution in [0.1, 0.15) is 18.4 Å². The standard InChI is InChI=1S/C13H20N2O2/c1-15(2)10-11-6-3-4-7-12(11)14-13(17)8-5-9-16/h3-4,6-7,16H,5,8-10H2,1-2H3,(H,14,17). The van der Waals surface area contributed by atoms with Crippen LogP contribution in [-0.4, -0.2) is 36.6 Å². The Morgan fingerprint density at radius 1 is 1.35 bits per heavy atom. The van der Waals surface area contributed by atoms with Gasteiger partial charge in [0.25, 0.3) is 0 Å². The number of carbonyl (C=O) groups excluding carboxylic acids is 1. The Balaban J connectivity index is 2.66. The van der Waals surface area contributed by atoms with E-state index in [9.17, 15) is 4.79 Å². The van der Waals surface area contributed by atoms with E-state index in [0.717, 1.165) is 17.8 Å². The molecule has 17 heavy (non-hydrogen) atoms. The molecule has 0 saturated carbocycles. The first-order valence-corrected chi connectivity index (χ1v) is 5.77. The van der Waals surface area contributed by atoms with Crippen molar-refractivity contribution in [3.8, 4) is 0 Å². The quantitative estimate of drug-likeness (QED) is 0.786. The summed E-state index contributed by atoms with van der Waals surface area (Å²) in [4.78, 5) is 13.6. The van der Waals surface area contributed by atoms with Crippen molar-refractivity contribution in [2.45, 2.75) is 19.4 Å². The zero-order valence-corrected chi connectivity index (χ0v) is 10.4. The molecule has 0 heterocycles. The van der Waals surface area contributed by atoms with Gasteiger partial charge < -0.3 is 15.3 Å². The molecule has 2 N–H and O–H groups in total. The first-order valence-electron chi connectivity index (χ1n) is 5.77. The van der Waals surface area contributed by atoms with Gasteiger partial charge in [-0.3, -0.25) is 4.79 Å². The number of aliphatic hydroxyl groups excluding tert-OH is 1. The number of hydrogen-bond acceptors (Lipinski definition) is 3. The van der Waals surface area contributed by atoms with Gasteiger partial charge in [-0.25, -0.2) is 0 Å². The van der Waals surface area contributed by atoms with E-state index in [1.807, 2.05) is 38.4 Å². The van der Waals surface area contributed by atoms with E-state index in [1.165, 1.54) is 0 Å². The van der Waals surface area contributed by atoms with Gasteiger partial charge in [-0.15, -0.1) is 0 Å². The molecule has 0 bridgehead atoms. The maximum atomic E-state index is 11.6. The van der Waals surface area contributed by atoms with E-state index in [2.05, 4.69) is 10.2 Å². The van der Waals surface area contributed by atoms with Crippen molar-refractivity contribution >= 4 is 11.6 Å². The lowest BCUT2D eigenvalue weighted by molar-refractivity contribution is -0.116. The molecular formula is C13H20N2O2. The van der Waals surface area contributed by atoms with Gasteiger partial charge in [0.2, 0.25) is 5.91 Å². The molecule has 0 radical (unpaired) electrons. The molecule has 4 nitrogen and oxygen atoms in total. The minimum atomic E-state index is -0.0507. The number of amides is 1. The topological polar surface area (TPSA) is 52.6 Å². The maximum Gasteiger partial charge on any atom is 0.224 e. The lowest BCUT2D eigenvalue weighted by atomic mass is 10.1. The van der Waals surface area contributed by atoms with Crippen molar-refractivity contribution in [2.24, 2.45) is 0 Å². The van der Waals surface area contributed by atoms with Crippen molar-refractivity contribution in [3.63, 3.8) is 0 Å². The Kier molecular flexibility index (Phi) is 5.66. The van der Waals surface area contributed by atoms with Crippen LogP contribution >= 0.6 is 0 Å². The minimum Gasteiger partial charge on any atom is -0.396 e. The largest absolute Gasteiger partial charge is 0.396 e. The molecule has 0 fully saturated rings. The second-order valence-corrected chi connectivity index (χ2v) is 4.27. The number of benzene rings is 1. The summed E-state index contributed by atoms with van der Waals surface area (Å²) in [6.45, 7) is 0.837. The molecule has 0 aromatic heterocycles. The highest BCUT2D eigenvalue weighted by Gasteiger charge is 2.06. The summed E-state index contributed by atoms with van der Waals surface area (Å²) < 4.78 is 0. The van der Waals surface area contributed by atoms with Crippen LogP contribution in [0.5, 0.6) is 0 Å². The molecule has 1 aromatic carbocycles. The molecule has 0 aliphatic carbocycles. The first-order chi connectivity index (χ1) is 8.13. The number of nitrogens with one attached hydrogen (secondary N) is 1. The average molecular weight is 236 g/mol. The van der Waals surface area contributed by atoms with Gasteiger partial charge in [0.15, 0.2) is 0 Å². The number of carbonyl (C=O) groups is 1. The molecule has 0 aliphatic rings. The molecule has 0 spiro atoms. The minimum absolute atomic E-state index is 0.0484. The Morgan fingerprint density at radius 2 is 2.06 bits per heavy atom. The third kappa shape index (κ3) is 4.97. The monoisotopic (exact) mass is 236 g/mol. The van der Waals surface area contributed by atoms with E-state index >= 15 is 0 Å². The predicted molar refractivity (Wildman–Crippen MR) is 68.8 cm³/mol. The number of rotatable bonds is 6. The van der Waals surface area contributed by atoms with Crippen LogP contribution < -0.4 is 5.32 Å². The SMILES string of the molecule is CN(C)Cc1ccccc1NC(=O)CCCO. The predicted octanol–water partition coefficient (Wildman–Crippen LogP) is 1.46.